The van der Waals surface area contributed by atoms with E-state index >= 15 is 0 Å². The largest absolute Gasteiger partial charge is 0.452 e. The minimum absolute atomic E-state index is 0.0559. The Morgan fingerprint density at radius 3 is 2.42 bits per heavy atom. The molecule has 15 heteroatoms. The van der Waals surface area contributed by atoms with Gasteiger partial charge in [0.1, 0.15) is 6.04 Å². The molecule has 0 aliphatic carbocycles. The van der Waals surface area contributed by atoms with Crippen LogP contribution in [0.5, 0.6) is 0 Å². The first-order chi connectivity index (χ1) is 18.9. The van der Waals surface area contributed by atoms with Crippen molar-refractivity contribution >= 4 is 55.6 Å². The maximum absolute atomic E-state index is 13.4. The molecule has 1 saturated heterocycles. The number of halogens is 4. The van der Waals surface area contributed by atoms with Crippen LogP contribution < -0.4 is 14.5 Å². The van der Waals surface area contributed by atoms with E-state index in [9.17, 15) is 26.4 Å². The number of nitrogens with one attached hydrogen (secondary N) is 1. The molecule has 1 aromatic heterocycles. The molecule has 0 radical (unpaired) electrons. The van der Waals surface area contributed by atoms with Crippen LogP contribution in [-0.2, 0) is 27.4 Å². The molecule has 40 heavy (non-hydrogen) atoms. The van der Waals surface area contributed by atoms with Gasteiger partial charge in [-0.3, -0.25) is 9.52 Å². The van der Waals surface area contributed by atoms with Gasteiger partial charge in [0, 0.05) is 60.7 Å². The van der Waals surface area contributed by atoms with Gasteiger partial charge in [-0.1, -0.05) is 11.6 Å². The maximum Gasteiger partial charge on any atom is 0.452 e. The van der Waals surface area contributed by atoms with Crippen LogP contribution in [0.3, 0.4) is 0 Å². The summed E-state index contributed by atoms with van der Waals surface area (Å²) in [6, 6.07) is 11.5. The number of carbonyl (C=O) groups is 1. The number of aromatic nitrogens is 2. The summed E-state index contributed by atoms with van der Waals surface area (Å²) in [4.78, 5) is 22.5. The predicted molar refractivity (Wildman–Crippen MR) is 148 cm³/mol. The summed E-state index contributed by atoms with van der Waals surface area (Å²) in [5.41, 5.74) is 2.97. The number of alkyl halides is 3. The first-order valence-electron chi connectivity index (χ1n) is 12.5. The monoisotopic (exact) mass is 614 g/mol. The standard InChI is InChI=1S/C25H26ClF3N6O3S2/c1-16(35-10-2-3-17-15-18(26)4-9-21(17)35)22(36)34-13-11-33(12-14-34)19-5-7-20(8-6-19)40(37,38)32-24-30-23(31-39-24)25(27,28)29/h4-9,15-16H,2-3,10-14H2,1H3,(H,30,31,32)/t16-/m0/s1. The average molecular weight is 615 g/mol. The first kappa shape index (κ1) is 28.4. The summed E-state index contributed by atoms with van der Waals surface area (Å²) in [5, 5.41) is 0.220. The summed E-state index contributed by atoms with van der Waals surface area (Å²) in [7, 11) is -4.15. The second-order valence-corrected chi connectivity index (χ2v) is 12.4. The van der Waals surface area contributed by atoms with Crippen molar-refractivity contribution in [2.45, 2.75) is 36.9 Å². The van der Waals surface area contributed by atoms with Crippen molar-refractivity contribution < 1.29 is 26.4 Å². The van der Waals surface area contributed by atoms with Gasteiger partial charge in [0.05, 0.1) is 4.90 Å². The van der Waals surface area contributed by atoms with Crippen LogP contribution in [-0.4, -0.2) is 67.3 Å². The van der Waals surface area contributed by atoms with Gasteiger partial charge < -0.3 is 14.7 Å². The molecule has 9 nitrogen and oxygen atoms in total. The van der Waals surface area contributed by atoms with Gasteiger partial charge in [0.25, 0.3) is 10.0 Å². The number of aryl methyl sites for hydroxylation is 1. The van der Waals surface area contributed by atoms with E-state index in [0.717, 1.165) is 36.3 Å². The van der Waals surface area contributed by atoms with Gasteiger partial charge in [-0.2, -0.15) is 22.5 Å². The zero-order chi connectivity index (χ0) is 28.7. The molecule has 1 amide bonds. The highest BCUT2D eigenvalue weighted by Gasteiger charge is 2.36. The van der Waals surface area contributed by atoms with E-state index < -0.39 is 27.2 Å². The molecule has 1 fully saturated rings. The number of anilines is 3. The SMILES string of the molecule is C[C@@H](C(=O)N1CCN(c2ccc(S(=O)(=O)Nc3nc(C(F)(F)F)ns3)cc2)CC1)N1CCCc2cc(Cl)ccc21. The fourth-order valence-electron chi connectivity index (χ4n) is 4.97. The van der Waals surface area contributed by atoms with Gasteiger partial charge in [-0.25, -0.2) is 8.42 Å². The molecule has 0 spiro atoms. The van der Waals surface area contributed by atoms with Gasteiger partial charge in [0.2, 0.25) is 16.9 Å². The Bertz CT molecular complexity index is 1490. The van der Waals surface area contributed by atoms with Crippen molar-refractivity contribution in [3.63, 3.8) is 0 Å². The normalized spacial score (nSPS) is 17.0. The molecule has 3 heterocycles. The number of sulfonamides is 1. The smallest absolute Gasteiger partial charge is 0.368 e. The summed E-state index contributed by atoms with van der Waals surface area (Å²) in [5.74, 6) is -1.34. The topological polar surface area (TPSA) is 98.7 Å². The second kappa shape index (κ2) is 11.1. The highest BCUT2D eigenvalue weighted by Crippen LogP contribution is 2.32. The molecule has 2 aliphatic heterocycles. The van der Waals surface area contributed by atoms with Crippen molar-refractivity contribution in [2.24, 2.45) is 0 Å². The van der Waals surface area contributed by atoms with Crippen LogP contribution in [0.2, 0.25) is 5.02 Å². The third-order valence-corrected chi connectivity index (χ3v) is 9.38. The number of carbonyl (C=O) groups excluding carboxylic acids is 1. The lowest BCUT2D eigenvalue weighted by Crippen LogP contribution is -2.55. The molecule has 2 aromatic carbocycles. The summed E-state index contributed by atoms with van der Waals surface area (Å²) in [6.07, 6.45) is -2.87. The van der Waals surface area contributed by atoms with E-state index in [1.54, 1.807) is 12.1 Å². The average Bonchev–Trinajstić information content (AvgIpc) is 3.40. The van der Waals surface area contributed by atoms with Crippen LogP contribution in [0.25, 0.3) is 0 Å². The highest BCUT2D eigenvalue weighted by molar-refractivity contribution is 7.93. The molecule has 5 rings (SSSR count). The lowest BCUT2D eigenvalue weighted by Gasteiger charge is -2.41. The Morgan fingerprint density at radius 2 is 1.77 bits per heavy atom. The highest BCUT2D eigenvalue weighted by atomic mass is 35.5. The van der Waals surface area contributed by atoms with Crippen LogP contribution in [0.15, 0.2) is 47.4 Å². The van der Waals surface area contributed by atoms with Crippen molar-refractivity contribution in [1.29, 1.82) is 0 Å². The van der Waals surface area contributed by atoms with Crippen molar-refractivity contribution in [2.75, 3.05) is 47.2 Å². The van der Waals surface area contributed by atoms with Gasteiger partial charge in [-0.05, 0) is 67.8 Å². The third kappa shape index (κ3) is 5.98. The Morgan fingerprint density at radius 1 is 1.07 bits per heavy atom. The maximum atomic E-state index is 13.4. The van der Waals surface area contributed by atoms with E-state index in [-0.39, 0.29) is 16.8 Å². The summed E-state index contributed by atoms with van der Waals surface area (Å²) in [6.45, 7) is 4.90. The predicted octanol–water partition coefficient (Wildman–Crippen LogP) is 4.50. The van der Waals surface area contributed by atoms with Crippen molar-refractivity contribution in [3.05, 3.63) is 58.9 Å². The lowest BCUT2D eigenvalue weighted by molar-refractivity contribution is -0.144. The number of rotatable bonds is 6. The number of hydrogen-bond acceptors (Lipinski definition) is 8. The number of amides is 1. The van der Waals surface area contributed by atoms with Crippen LogP contribution in [0.4, 0.5) is 29.7 Å². The molecular weight excluding hydrogens is 589 g/mol. The number of nitrogens with zero attached hydrogens (tertiary/aromatic N) is 5. The van der Waals surface area contributed by atoms with Gasteiger partial charge >= 0.3 is 6.18 Å². The molecular formula is C25H26ClF3N6O3S2. The number of piperazine rings is 1. The van der Waals surface area contributed by atoms with E-state index in [2.05, 4.69) is 19.2 Å². The van der Waals surface area contributed by atoms with Crippen LogP contribution >= 0.6 is 23.1 Å². The molecule has 0 unspecified atom stereocenters. The minimum atomic E-state index is -4.76. The lowest BCUT2D eigenvalue weighted by atomic mass is 10.00. The molecule has 1 atom stereocenters. The fourth-order valence-corrected chi connectivity index (χ4v) is 6.97. The Labute approximate surface area is 238 Å². The Kier molecular flexibility index (Phi) is 7.86. The molecule has 1 N–H and O–H groups in total. The molecule has 3 aromatic rings. The van der Waals surface area contributed by atoms with E-state index in [0.29, 0.717) is 42.7 Å². The molecule has 0 saturated carbocycles. The van der Waals surface area contributed by atoms with E-state index in [1.165, 1.54) is 12.1 Å². The molecule has 0 bridgehead atoms. The second-order valence-electron chi connectivity index (χ2n) is 9.58. The van der Waals surface area contributed by atoms with Gasteiger partial charge in [0.15, 0.2) is 0 Å². The zero-order valence-electron chi connectivity index (χ0n) is 21.4. The number of benzene rings is 2. The third-order valence-electron chi connectivity index (χ3n) is 7.03. The quantitative estimate of drug-likeness (QED) is 0.437. The fraction of sp³-hybridized carbons (Fsp3) is 0.400. The van der Waals surface area contributed by atoms with Gasteiger partial charge in [-0.15, -0.1) is 0 Å². The Balaban J connectivity index is 1.18. The van der Waals surface area contributed by atoms with Crippen molar-refractivity contribution in [1.82, 2.24) is 14.3 Å². The van der Waals surface area contributed by atoms with Crippen LogP contribution in [0, 0.1) is 0 Å². The summed E-state index contributed by atoms with van der Waals surface area (Å²) < 4.78 is 68.6. The number of hydrogen-bond donors (Lipinski definition) is 1. The zero-order valence-corrected chi connectivity index (χ0v) is 23.7. The number of fused-ring (bicyclic) bond motifs is 1. The minimum Gasteiger partial charge on any atom is -0.368 e. The van der Waals surface area contributed by atoms with E-state index in [4.69, 9.17) is 11.6 Å². The van der Waals surface area contributed by atoms with E-state index in [1.807, 2.05) is 34.7 Å². The molecule has 2 aliphatic rings. The molecule has 214 valence electrons. The Hall–Kier alpha value is -3.10. The first-order valence-corrected chi connectivity index (χ1v) is 15.2. The summed E-state index contributed by atoms with van der Waals surface area (Å²) >= 11 is 6.48. The van der Waals surface area contributed by atoms with Crippen LogP contribution in [0.1, 0.15) is 24.7 Å². The van der Waals surface area contributed by atoms with Crippen molar-refractivity contribution in [3.8, 4) is 0 Å².